The summed E-state index contributed by atoms with van der Waals surface area (Å²) in [7, 11) is -2.90. The van der Waals surface area contributed by atoms with E-state index in [-0.39, 0.29) is 5.75 Å². The number of sulfone groups is 1. The van der Waals surface area contributed by atoms with E-state index in [0.29, 0.717) is 13.0 Å². The summed E-state index contributed by atoms with van der Waals surface area (Å²) >= 11 is 0. The molecular weight excluding hydrogens is 286 g/mol. The minimum atomic E-state index is -2.90. The Hall–Kier alpha value is -1.40. The highest BCUT2D eigenvalue weighted by Gasteiger charge is 2.09. The van der Waals surface area contributed by atoms with Crippen LogP contribution in [-0.2, 0) is 22.9 Å². The molecule has 0 bridgehead atoms. The molecule has 0 aliphatic rings. The molecule has 0 fully saturated rings. The first-order valence-electron chi connectivity index (χ1n) is 7.32. The van der Waals surface area contributed by atoms with E-state index in [1.165, 1.54) is 11.8 Å². The topological polar surface area (TPSA) is 64.0 Å². The van der Waals surface area contributed by atoms with E-state index < -0.39 is 9.84 Å². The first-order valence-corrected chi connectivity index (χ1v) is 9.38. The summed E-state index contributed by atoms with van der Waals surface area (Å²) in [6, 6.07) is 4.00. The van der Waals surface area contributed by atoms with Crippen LogP contribution in [0, 0.1) is 0 Å². The lowest BCUT2D eigenvalue weighted by molar-refractivity contribution is 0.593. The van der Waals surface area contributed by atoms with Crippen molar-refractivity contribution >= 4 is 20.9 Å². The third-order valence-corrected chi connectivity index (χ3v) is 4.40. The number of rotatable bonds is 8. The van der Waals surface area contributed by atoms with Gasteiger partial charge in [0.1, 0.15) is 15.5 Å². The van der Waals surface area contributed by atoms with Crippen LogP contribution in [0.25, 0.3) is 11.0 Å². The number of pyridine rings is 1. The highest BCUT2D eigenvalue weighted by atomic mass is 32.2. The zero-order chi connectivity index (χ0) is 15.3. The Kier molecular flexibility index (Phi) is 5.36. The van der Waals surface area contributed by atoms with E-state index in [1.54, 1.807) is 6.20 Å². The third-order valence-electron chi connectivity index (χ3n) is 3.37. The van der Waals surface area contributed by atoms with E-state index >= 15 is 0 Å². The van der Waals surface area contributed by atoms with Gasteiger partial charge in [0.05, 0.1) is 5.75 Å². The van der Waals surface area contributed by atoms with Crippen molar-refractivity contribution in [2.75, 3.05) is 18.6 Å². The minimum Gasteiger partial charge on any atom is -0.332 e. The summed E-state index contributed by atoms with van der Waals surface area (Å²) in [6.07, 6.45) is 6.85. The molecule has 2 heterocycles. The van der Waals surface area contributed by atoms with Crippen LogP contribution in [0.5, 0.6) is 0 Å². The smallest absolute Gasteiger partial charge is 0.147 e. The monoisotopic (exact) mass is 309 g/mol. The summed E-state index contributed by atoms with van der Waals surface area (Å²) < 4.78 is 24.5. The van der Waals surface area contributed by atoms with Gasteiger partial charge in [-0.3, -0.25) is 0 Å². The quantitative estimate of drug-likeness (QED) is 0.757. The third kappa shape index (κ3) is 4.54. The number of nitrogens with one attached hydrogen (secondary N) is 1. The van der Waals surface area contributed by atoms with Crippen molar-refractivity contribution in [1.82, 2.24) is 14.9 Å². The molecule has 0 spiro atoms. The molecule has 0 radical (unpaired) electrons. The van der Waals surface area contributed by atoms with Gasteiger partial charge in [-0.2, -0.15) is 0 Å². The highest BCUT2D eigenvalue weighted by molar-refractivity contribution is 7.90. The predicted molar refractivity (Wildman–Crippen MR) is 86.1 cm³/mol. The fourth-order valence-electron chi connectivity index (χ4n) is 2.40. The zero-order valence-corrected chi connectivity index (χ0v) is 13.5. The zero-order valence-electron chi connectivity index (χ0n) is 12.7. The van der Waals surface area contributed by atoms with Gasteiger partial charge in [-0.05, 0) is 37.1 Å². The van der Waals surface area contributed by atoms with Crippen LogP contribution < -0.4 is 5.32 Å². The number of aromatic nitrogens is 2. The SMILES string of the molecule is CCCNCc1cn(CCCS(C)(=O)=O)c2ncccc12. The number of fused-ring (bicyclic) bond motifs is 1. The molecule has 0 amide bonds. The summed E-state index contributed by atoms with van der Waals surface area (Å²) in [5.74, 6) is 0.211. The van der Waals surface area contributed by atoms with Crippen molar-refractivity contribution in [2.24, 2.45) is 0 Å². The van der Waals surface area contributed by atoms with Crippen LogP contribution in [0.2, 0.25) is 0 Å². The Labute approximate surface area is 126 Å². The average Bonchev–Trinajstić information content (AvgIpc) is 2.77. The van der Waals surface area contributed by atoms with Crippen molar-refractivity contribution < 1.29 is 8.42 Å². The van der Waals surface area contributed by atoms with Crippen LogP contribution in [0.1, 0.15) is 25.3 Å². The average molecular weight is 309 g/mol. The molecule has 21 heavy (non-hydrogen) atoms. The molecule has 0 aliphatic carbocycles. The second-order valence-corrected chi connectivity index (χ2v) is 7.64. The molecule has 0 aromatic carbocycles. The Morgan fingerprint density at radius 3 is 2.90 bits per heavy atom. The predicted octanol–water partition coefficient (Wildman–Crippen LogP) is 1.97. The molecular formula is C15H23N3O2S. The molecule has 0 saturated carbocycles. The van der Waals surface area contributed by atoms with Crippen molar-refractivity contribution in [1.29, 1.82) is 0 Å². The van der Waals surface area contributed by atoms with Gasteiger partial charge < -0.3 is 9.88 Å². The fourth-order valence-corrected chi connectivity index (χ4v) is 3.06. The molecule has 0 aliphatic heterocycles. The summed E-state index contributed by atoms with van der Waals surface area (Å²) in [6.45, 7) is 4.62. The molecule has 6 heteroatoms. The summed E-state index contributed by atoms with van der Waals surface area (Å²) in [5, 5.41) is 4.54. The lowest BCUT2D eigenvalue weighted by atomic mass is 10.2. The molecule has 0 unspecified atom stereocenters. The van der Waals surface area contributed by atoms with E-state index in [2.05, 4.69) is 34.1 Å². The van der Waals surface area contributed by atoms with Gasteiger partial charge in [-0.15, -0.1) is 0 Å². The van der Waals surface area contributed by atoms with Gasteiger partial charge >= 0.3 is 0 Å². The molecule has 0 saturated heterocycles. The molecule has 2 aromatic rings. The molecule has 5 nitrogen and oxygen atoms in total. The van der Waals surface area contributed by atoms with Gasteiger partial charge in [-0.1, -0.05) is 6.92 Å². The molecule has 0 atom stereocenters. The first kappa shape index (κ1) is 16.0. The van der Waals surface area contributed by atoms with Crippen molar-refractivity contribution in [3.63, 3.8) is 0 Å². The maximum atomic E-state index is 11.2. The van der Waals surface area contributed by atoms with Crippen molar-refractivity contribution in [2.45, 2.75) is 32.9 Å². The van der Waals surface area contributed by atoms with E-state index in [1.807, 2.05) is 6.07 Å². The van der Waals surface area contributed by atoms with Gasteiger partial charge in [0.25, 0.3) is 0 Å². The highest BCUT2D eigenvalue weighted by Crippen LogP contribution is 2.19. The molecule has 1 N–H and O–H groups in total. The van der Waals surface area contributed by atoms with Crippen LogP contribution in [0.15, 0.2) is 24.5 Å². The number of nitrogens with zero attached hydrogens (tertiary/aromatic N) is 2. The minimum absolute atomic E-state index is 0.211. The van der Waals surface area contributed by atoms with Crippen molar-refractivity contribution in [3.05, 3.63) is 30.1 Å². The number of hydrogen-bond donors (Lipinski definition) is 1. The van der Waals surface area contributed by atoms with Crippen molar-refractivity contribution in [3.8, 4) is 0 Å². The van der Waals surface area contributed by atoms with Crippen LogP contribution in [0.4, 0.5) is 0 Å². The fraction of sp³-hybridized carbons (Fsp3) is 0.533. The lowest BCUT2D eigenvalue weighted by Gasteiger charge is -2.03. The van der Waals surface area contributed by atoms with Gasteiger partial charge in [0, 0.05) is 37.1 Å². The molecule has 2 aromatic heterocycles. The standard InChI is InChI=1S/C15H23N3O2S/c1-3-7-16-11-13-12-18(9-5-10-21(2,19)20)15-14(13)6-4-8-17-15/h4,6,8,12,16H,3,5,7,9-11H2,1-2H3. The second-order valence-electron chi connectivity index (χ2n) is 5.38. The Bertz CT molecular complexity index is 692. The maximum absolute atomic E-state index is 11.2. The normalized spacial score (nSPS) is 12.1. The Morgan fingerprint density at radius 2 is 2.19 bits per heavy atom. The van der Waals surface area contributed by atoms with Gasteiger partial charge in [0.2, 0.25) is 0 Å². The number of hydrogen-bond acceptors (Lipinski definition) is 4. The Morgan fingerprint density at radius 1 is 1.38 bits per heavy atom. The maximum Gasteiger partial charge on any atom is 0.147 e. The van der Waals surface area contributed by atoms with Gasteiger partial charge in [0.15, 0.2) is 0 Å². The summed E-state index contributed by atoms with van der Waals surface area (Å²) in [4.78, 5) is 4.43. The van der Waals surface area contributed by atoms with E-state index in [9.17, 15) is 8.42 Å². The Balaban J connectivity index is 2.15. The summed E-state index contributed by atoms with van der Waals surface area (Å²) in [5.41, 5.74) is 2.14. The number of aryl methyl sites for hydroxylation is 1. The van der Waals surface area contributed by atoms with E-state index in [4.69, 9.17) is 0 Å². The van der Waals surface area contributed by atoms with E-state index in [0.717, 1.165) is 30.5 Å². The lowest BCUT2D eigenvalue weighted by Crippen LogP contribution is -2.13. The molecule has 116 valence electrons. The molecule has 2 rings (SSSR count). The first-order chi connectivity index (χ1) is 10.0. The van der Waals surface area contributed by atoms with Crippen LogP contribution in [-0.4, -0.2) is 36.5 Å². The second kappa shape index (κ2) is 7.04. The van der Waals surface area contributed by atoms with Gasteiger partial charge in [-0.25, -0.2) is 13.4 Å². The largest absolute Gasteiger partial charge is 0.332 e. The van der Waals surface area contributed by atoms with Crippen LogP contribution in [0.3, 0.4) is 0 Å². The van der Waals surface area contributed by atoms with Crippen LogP contribution >= 0.6 is 0 Å².